The van der Waals surface area contributed by atoms with E-state index in [9.17, 15) is 4.79 Å². The minimum Gasteiger partial charge on any atom is -0.397 e. The Morgan fingerprint density at radius 1 is 1.29 bits per heavy atom. The molecule has 1 aliphatic rings. The van der Waals surface area contributed by atoms with Crippen LogP contribution >= 0.6 is 0 Å². The first-order valence-corrected chi connectivity index (χ1v) is 7.12. The molecule has 2 aromatic rings. The number of rotatable bonds is 3. The summed E-state index contributed by atoms with van der Waals surface area (Å²) in [6.45, 7) is 4.21. The van der Waals surface area contributed by atoms with Crippen molar-refractivity contribution < 1.29 is 4.79 Å². The molecule has 0 spiro atoms. The lowest BCUT2D eigenvalue weighted by Gasteiger charge is -2.00. The van der Waals surface area contributed by atoms with Gasteiger partial charge >= 0.3 is 0 Å². The molecule has 0 aliphatic carbocycles. The Hall–Kier alpha value is -2.56. The third kappa shape index (κ3) is 2.31. The third-order valence-electron chi connectivity index (χ3n) is 3.72. The number of fused-ring (bicyclic) bond motifs is 1. The molecule has 0 bridgehead atoms. The number of aromatic amines is 1. The highest BCUT2D eigenvalue weighted by Crippen LogP contribution is 2.33. The summed E-state index contributed by atoms with van der Waals surface area (Å²) in [6, 6.07) is 3.93. The summed E-state index contributed by atoms with van der Waals surface area (Å²) in [7, 11) is 0. The first kappa shape index (κ1) is 13.4. The minimum atomic E-state index is -0.141. The number of carbonyl (C=O) groups is 1. The molecule has 1 aliphatic heterocycles. The Morgan fingerprint density at radius 3 is 2.81 bits per heavy atom. The smallest absolute Gasteiger partial charge is 0.257 e. The van der Waals surface area contributed by atoms with Gasteiger partial charge in [0.25, 0.3) is 5.91 Å². The highest BCUT2D eigenvalue weighted by atomic mass is 16.2. The van der Waals surface area contributed by atoms with Gasteiger partial charge in [-0.25, -0.2) is 4.98 Å². The van der Waals surface area contributed by atoms with E-state index in [1.807, 2.05) is 6.08 Å². The zero-order chi connectivity index (χ0) is 15.0. The van der Waals surface area contributed by atoms with Crippen molar-refractivity contribution >= 4 is 29.1 Å². The summed E-state index contributed by atoms with van der Waals surface area (Å²) in [5.41, 5.74) is 11.0. The average Bonchev–Trinajstić information content (AvgIpc) is 3.01. The van der Waals surface area contributed by atoms with E-state index < -0.39 is 0 Å². The molecule has 0 radical (unpaired) electrons. The second-order valence-corrected chi connectivity index (χ2v) is 5.12. The number of hydrogen-bond donors (Lipinski definition) is 3. The molecule has 108 valence electrons. The molecule has 0 saturated heterocycles. The third-order valence-corrected chi connectivity index (χ3v) is 3.72. The normalized spacial score (nSPS) is 15.3. The number of pyridine rings is 1. The predicted molar refractivity (Wildman–Crippen MR) is 84.7 cm³/mol. The number of hydrogen-bond acceptors (Lipinski definition) is 3. The lowest BCUT2D eigenvalue weighted by molar-refractivity contribution is -0.110. The zero-order valence-corrected chi connectivity index (χ0v) is 12.2. The van der Waals surface area contributed by atoms with Crippen LogP contribution in [-0.2, 0) is 17.6 Å². The molecule has 4 N–H and O–H groups in total. The van der Waals surface area contributed by atoms with Crippen LogP contribution in [0.4, 0.5) is 11.5 Å². The van der Waals surface area contributed by atoms with Crippen molar-refractivity contribution in [2.24, 2.45) is 0 Å². The van der Waals surface area contributed by atoms with E-state index in [0.717, 1.165) is 24.1 Å². The van der Waals surface area contributed by atoms with E-state index in [1.165, 1.54) is 11.3 Å². The van der Waals surface area contributed by atoms with Crippen LogP contribution in [0.3, 0.4) is 0 Å². The fraction of sp³-hybridized carbons (Fsp3) is 0.250. The van der Waals surface area contributed by atoms with Crippen LogP contribution in [0.15, 0.2) is 18.3 Å². The molecule has 0 saturated carbocycles. The van der Waals surface area contributed by atoms with Crippen molar-refractivity contribution in [2.45, 2.75) is 26.7 Å². The van der Waals surface area contributed by atoms with Gasteiger partial charge in [-0.05, 0) is 36.6 Å². The van der Waals surface area contributed by atoms with Gasteiger partial charge in [-0.15, -0.1) is 0 Å². The Kier molecular flexibility index (Phi) is 3.25. The monoisotopic (exact) mass is 282 g/mol. The number of amides is 1. The van der Waals surface area contributed by atoms with Crippen molar-refractivity contribution in [1.29, 1.82) is 0 Å². The molecular weight excluding hydrogens is 264 g/mol. The molecule has 0 aromatic carbocycles. The topological polar surface area (TPSA) is 83.8 Å². The fourth-order valence-corrected chi connectivity index (χ4v) is 2.56. The summed E-state index contributed by atoms with van der Waals surface area (Å²) in [5.74, 6) is 0.429. The van der Waals surface area contributed by atoms with Gasteiger partial charge < -0.3 is 16.0 Å². The molecule has 0 unspecified atom stereocenters. The molecule has 0 atom stereocenters. The minimum absolute atomic E-state index is 0.141. The molecule has 2 aromatic heterocycles. The lowest BCUT2D eigenvalue weighted by Crippen LogP contribution is -2.04. The number of carbonyl (C=O) groups excluding carboxylic acids is 1. The van der Waals surface area contributed by atoms with Crippen LogP contribution in [0, 0.1) is 0 Å². The molecule has 0 fully saturated rings. The zero-order valence-electron chi connectivity index (χ0n) is 12.2. The Bertz CT molecular complexity index is 743. The van der Waals surface area contributed by atoms with Crippen molar-refractivity contribution in [1.82, 2.24) is 9.97 Å². The Balaban J connectivity index is 2.10. The average molecular weight is 282 g/mol. The molecule has 3 heterocycles. The SMILES string of the molecule is CCc1cc(CC)c(C=C2C(=O)Nc3ncc(N)cc32)[nH]1. The van der Waals surface area contributed by atoms with Gasteiger partial charge in [-0.3, -0.25) is 4.79 Å². The van der Waals surface area contributed by atoms with Crippen molar-refractivity contribution in [2.75, 3.05) is 11.1 Å². The van der Waals surface area contributed by atoms with E-state index in [2.05, 4.69) is 35.2 Å². The molecule has 5 heteroatoms. The lowest BCUT2D eigenvalue weighted by atomic mass is 10.1. The van der Waals surface area contributed by atoms with Gasteiger partial charge in [-0.2, -0.15) is 0 Å². The molecule has 1 amide bonds. The summed E-state index contributed by atoms with van der Waals surface area (Å²) in [5, 5.41) is 2.77. The van der Waals surface area contributed by atoms with E-state index in [4.69, 9.17) is 5.73 Å². The van der Waals surface area contributed by atoms with Crippen LogP contribution in [0.25, 0.3) is 11.6 Å². The predicted octanol–water partition coefficient (Wildman–Crippen LogP) is 2.61. The maximum atomic E-state index is 12.1. The fourth-order valence-electron chi connectivity index (χ4n) is 2.56. The summed E-state index contributed by atoms with van der Waals surface area (Å²) < 4.78 is 0. The summed E-state index contributed by atoms with van der Waals surface area (Å²) >= 11 is 0. The quantitative estimate of drug-likeness (QED) is 0.757. The van der Waals surface area contributed by atoms with Crippen LogP contribution in [0.1, 0.15) is 36.4 Å². The van der Waals surface area contributed by atoms with Gasteiger partial charge in [0.15, 0.2) is 0 Å². The van der Waals surface area contributed by atoms with E-state index in [-0.39, 0.29) is 5.91 Å². The second kappa shape index (κ2) is 5.09. The summed E-state index contributed by atoms with van der Waals surface area (Å²) in [6.07, 6.45) is 5.29. The largest absolute Gasteiger partial charge is 0.397 e. The number of nitrogens with zero attached hydrogens (tertiary/aromatic N) is 1. The molecule has 21 heavy (non-hydrogen) atoms. The number of aromatic nitrogens is 2. The van der Waals surface area contributed by atoms with Crippen molar-refractivity contribution in [3.05, 3.63) is 40.8 Å². The number of H-pyrrole nitrogens is 1. The second-order valence-electron chi connectivity index (χ2n) is 5.12. The standard InChI is InChI=1S/C16H18N4O/c1-3-9-5-11(4-2)19-14(9)7-13-12-6-10(17)8-18-15(12)20-16(13)21/h5-8,19H,3-4,17H2,1-2H3,(H,18,20,21). The van der Waals surface area contributed by atoms with Gasteiger partial charge in [-0.1, -0.05) is 13.8 Å². The molecular formula is C16H18N4O. The van der Waals surface area contributed by atoms with Crippen molar-refractivity contribution in [3.63, 3.8) is 0 Å². The number of anilines is 2. The van der Waals surface area contributed by atoms with Crippen LogP contribution in [0.2, 0.25) is 0 Å². The number of nitrogens with one attached hydrogen (secondary N) is 2. The Morgan fingerprint density at radius 2 is 2.10 bits per heavy atom. The van der Waals surface area contributed by atoms with Gasteiger partial charge in [0.05, 0.1) is 17.5 Å². The maximum absolute atomic E-state index is 12.1. The van der Waals surface area contributed by atoms with Crippen LogP contribution in [-0.4, -0.2) is 15.9 Å². The first-order chi connectivity index (χ1) is 10.1. The van der Waals surface area contributed by atoms with Crippen molar-refractivity contribution in [3.8, 4) is 0 Å². The van der Waals surface area contributed by atoms with E-state index >= 15 is 0 Å². The number of nitrogen functional groups attached to an aromatic ring is 1. The van der Waals surface area contributed by atoms with E-state index in [0.29, 0.717) is 17.1 Å². The van der Waals surface area contributed by atoms with Crippen LogP contribution < -0.4 is 11.1 Å². The highest BCUT2D eigenvalue weighted by Gasteiger charge is 2.26. The number of aryl methyl sites for hydroxylation is 2. The number of nitrogens with two attached hydrogens (primary N) is 1. The van der Waals surface area contributed by atoms with Gasteiger partial charge in [0.1, 0.15) is 5.82 Å². The summed E-state index contributed by atoms with van der Waals surface area (Å²) in [4.78, 5) is 19.7. The maximum Gasteiger partial charge on any atom is 0.257 e. The Labute approximate surface area is 123 Å². The van der Waals surface area contributed by atoms with Crippen LogP contribution in [0.5, 0.6) is 0 Å². The van der Waals surface area contributed by atoms with E-state index in [1.54, 1.807) is 12.3 Å². The highest BCUT2D eigenvalue weighted by molar-refractivity contribution is 6.34. The molecule has 5 nitrogen and oxygen atoms in total. The van der Waals surface area contributed by atoms with Gasteiger partial charge in [0.2, 0.25) is 0 Å². The molecule has 3 rings (SSSR count). The van der Waals surface area contributed by atoms with Gasteiger partial charge in [0, 0.05) is 17.0 Å². The first-order valence-electron chi connectivity index (χ1n) is 7.12.